The summed E-state index contributed by atoms with van der Waals surface area (Å²) in [4.78, 5) is 70.6. The van der Waals surface area contributed by atoms with Gasteiger partial charge in [0.1, 0.15) is 12.4 Å². The number of hydrogen-bond donors (Lipinski definition) is 2. The second kappa shape index (κ2) is 11.2. The topological polar surface area (TPSA) is 147 Å². The Morgan fingerprint density at radius 1 is 0.935 bits per heavy atom. The summed E-state index contributed by atoms with van der Waals surface area (Å²) in [6.45, 7) is -0.0610. The molecular formula is C35H30ClN3O7. The van der Waals surface area contributed by atoms with E-state index in [1.807, 2.05) is 48.5 Å². The van der Waals surface area contributed by atoms with Crippen LogP contribution in [0.5, 0.6) is 5.75 Å². The van der Waals surface area contributed by atoms with Crippen molar-refractivity contribution >= 4 is 46.9 Å². The van der Waals surface area contributed by atoms with Gasteiger partial charge >= 0.3 is 6.03 Å². The molecular weight excluding hydrogens is 610 g/mol. The van der Waals surface area contributed by atoms with Gasteiger partial charge in [0.15, 0.2) is 0 Å². The lowest BCUT2D eigenvalue weighted by molar-refractivity contribution is -0.136. The standard InChI is InChI=1S/C35H30ClN3O7/c36-21-7-4-8-22(17-21)38-31(42)27-18-26-24(13-14-25-28(26)32(43)39(30(25)41)34(37)45)29(19-9-11-23(12-10-19)46-16-15-40)35(27,33(38)44)20-5-2-1-3-6-20/h1-13,17,25-29,40H,14-16,18H2,(H2,37,45)/t25-,26+,27-,28-,29-,35+/m0/s1. The van der Waals surface area contributed by atoms with E-state index in [0.717, 1.165) is 5.57 Å². The smallest absolute Gasteiger partial charge is 0.328 e. The number of urea groups is 1. The second-order valence-corrected chi connectivity index (χ2v) is 12.5. The lowest BCUT2D eigenvalue weighted by atomic mass is 9.49. The molecule has 0 radical (unpaired) electrons. The molecule has 2 aliphatic heterocycles. The molecule has 4 aliphatic rings. The van der Waals surface area contributed by atoms with Gasteiger partial charge in [0, 0.05) is 10.9 Å². The van der Waals surface area contributed by atoms with Crippen LogP contribution in [-0.2, 0) is 24.6 Å². The van der Waals surface area contributed by atoms with E-state index >= 15 is 4.79 Å². The number of allylic oxidation sites excluding steroid dienone is 2. The van der Waals surface area contributed by atoms with Crippen molar-refractivity contribution in [2.75, 3.05) is 18.1 Å². The number of fused-ring (bicyclic) bond motifs is 4. The number of hydrogen-bond acceptors (Lipinski definition) is 7. The maximum atomic E-state index is 15.1. The van der Waals surface area contributed by atoms with Crippen LogP contribution >= 0.6 is 11.6 Å². The fourth-order valence-electron chi connectivity index (χ4n) is 8.26. The maximum absolute atomic E-state index is 15.1. The number of halogens is 1. The first-order chi connectivity index (χ1) is 22.2. The van der Waals surface area contributed by atoms with Crippen molar-refractivity contribution in [3.8, 4) is 5.75 Å². The first-order valence-corrected chi connectivity index (χ1v) is 15.5. The molecule has 6 atom stereocenters. The third kappa shape index (κ3) is 4.24. The number of rotatable bonds is 6. The number of nitrogens with zero attached hydrogens (tertiary/aromatic N) is 2. The van der Waals surface area contributed by atoms with Crippen LogP contribution in [-0.4, -0.2) is 52.9 Å². The summed E-state index contributed by atoms with van der Waals surface area (Å²) in [5.74, 6) is -5.65. The number of carbonyl (C=O) groups is 5. The van der Waals surface area contributed by atoms with E-state index in [1.165, 1.54) is 4.90 Å². The van der Waals surface area contributed by atoms with Crippen molar-refractivity contribution in [2.24, 2.45) is 29.4 Å². The molecule has 234 valence electrons. The number of nitrogens with two attached hydrogens (primary N) is 1. The zero-order valence-electron chi connectivity index (χ0n) is 24.5. The number of aliphatic hydroxyl groups excluding tert-OH is 1. The molecule has 3 fully saturated rings. The SMILES string of the molecule is NC(=O)N1C(=O)[C@H]2[C@H](CC=C3[C@H]2C[C@H]2C(=O)N(c4cccc(Cl)c4)C(=O)[C@@]2(c2ccccc2)[C@H]3c2ccc(OCCO)cc2)C1=O. The number of anilines is 1. The molecule has 0 aromatic heterocycles. The Bertz CT molecular complexity index is 1810. The van der Waals surface area contributed by atoms with Crippen LogP contribution in [0.1, 0.15) is 29.9 Å². The van der Waals surface area contributed by atoms with Gasteiger partial charge in [0.2, 0.25) is 23.6 Å². The maximum Gasteiger partial charge on any atom is 0.328 e. The van der Waals surface area contributed by atoms with E-state index in [0.29, 0.717) is 32.5 Å². The first kappa shape index (κ1) is 29.9. The fourth-order valence-corrected chi connectivity index (χ4v) is 8.44. The number of benzene rings is 3. The van der Waals surface area contributed by atoms with Gasteiger partial charge in [-0.3, -0.25) is 19.2 Å². The molecule has 1 saturated carbocycles. The van der Waals surface area contributed by atoms with E-state index in [9.17, 15) is 24.3 Å². The normalized spacial score (nSPS) is 28.5. The summed E-state index contributed by atoms with van der Waals surface area (Å²) in [6.07, 6.45) is 2.18. The van der Waals surface area contributed by atoms with Crippen LogP contribution in [0.25, 0.3) is 0 Å². The van der Waals surface area contributed by atoms with Gasteiger partial charge in [-0.2, -0.15) is 4.90 Å². The minimum Gasteiger partial charge on any atom is -0.491 e. The molecule has 2 heterocycles. The number of amides is 6. The third-order valence-electron chi connectivity index (χ3n) is 9.96. The number of imide groups is 4. The Kier molecular flexibility index (Phi) is 7.29. The zero-order chi connectivity index (χ0) is 32.3. The van der Waals surface area contributed by atoms with Gasteiger partial charge < -0.3 is 15.6 Å². The van der Waals surface area contributed by atoms with Gasteiger partial charge in [-0.05, 0) is 60.2 Å². The zero-order valence-corrected chi connectivity index (χ0v) is 25.3. The Morgan fingerprint density at radius 3 is 2.35 bits per heavy atom. The molecule has 6 amide bonds. The first-order valence-electron chi connectivity index (χ1n) is 15.1. The highest BCUT2D eigenvalue weighted by molar-refractivity contribution is 6.32. The molecule has 2 saturated heterocycles. The summed E-state index contributed by atoms with van der Waals surface area (Å²) in [6, 6.07) is 21.7. The van der Waals surface area contributed by atoms with Gasteiger partial charge in [0.25, 0.3) is 0 Å². The number of aliphatic hydroxyl groups is 1. The Balaban J connectivity index is 1.47. The molecule has 0 spiro atoms. The highest BCUT2D eigenvalue weighted by Gasteiger charge is 2.70. The molecule has 46 heavy (non-hydrogen) atoms. The minimum absolute atomic E-state index is 0.100. The molecule has 0 unspecified atom stereocenters. The van der Waals surface area contributed by atoms with Gasteiger partial charge in [-0.25, -0.2) is 9.69 Å². The van der Waals surface area contributed by atoms with Crippen molar-refractivity contribution in [3.63, 3.8) is 0 Å². The van der Waals surface area contributed by atoms with Crippen LogP contribution < -0.4 is 15.4 Å². The highest BCUT2D eigenvalue weighted by Crippen LogP contribution is 2.64. The Morgan fingerprint density at radius 2 is 1.67 bits per heavy atom. The summed E-state index contributed by atoms with van der Waals surface area (Å²) >= 11 is 6.33. The van der Waals surface area contributed by atoms with Crippen molar-refractivity contribution in [3.05, 3.63) is 107 Å². The van der Waals surface area contributed by atoms with E-state index in [4.69, 9.17) is 22.1 Å². The number of primary amides is 1. The molecule has 2 aliphatic carbocycles. The minimum atomic E-state index is -1.42. The quantitative estimate of drug-likeness (QED) is 0.307. The van der Waals surface area contributed by atoms with Crippen molar-refractivity contribution < 1.29 is 33.8 Å². The van der Waals surface area contributed by atoms with Gasteiger partial charge in [0.05, 0.1) is 35.5 Å². The highest BCUT2D eigenvalue weighted by atomic mass is 35.5. The number of carbonyl (C=O) groups excluding carboxylic acids is 5. The summed E-state index contributed by atoms with van der Waals surface area (Å²) in [5, 5.41) is 9.60. The summed E-state index contributed by atoms with van der Waals surface area (Å²) in [5.41, 5.74) is 6.49. The molecule has 0 bridgehead atoms. The number of ether oxygens (including phenoxy) is 1. The van der Waals surface area contributed by atoms with Crippen LogP contribution in [0.15, 0.2) is 90.5 Å². The largest absolute Gasteiger partial charge is 0.491 e. The van der Waals surface area contributed by atoms with E-state index in [1.54, 1.807) is 36.4 Å². The number of likely N-dealkylation sites (tertiary alicyclic amines) is 1. The molecule has 11 heteroatoms. The fraction of sp³-hybridized carbons (Fsp3) is 0.286. The average molecular weight is 640 g/mol. The molecule has 3 aromatic carbocycles. The third-order valence-corrected chi connectivity index (χ3v) is 10.2. The molecule has 7 rings (SSSR count). The summed E-state index contributed by atoms with van der Waals surface area (Å²) in [7, 11) is 0. The van der Waals surface area contributed by atoms with Crippen molar-refractivity contribution in [1.82, 2.24) is 4.90 Å². The van der Waals surface area contributed by atoms with Crippen LogP contribution in [0.4, 0.5) is 10.5 Å². The lowest BCUT2D eigenvalue weighted by Gasteiger charge is -2.50. The van der Waals surface area contributed by atoms with Crippen LogP contribution in [0.3, 0.4) is 0 Å². The Labute approximate surface area is 269 Å². The predicted octanol–water partition coefficient (Wildman–Crippen LogP) is 3.95. The average Bonchev–Trinajstić information content (AvgIpc) is 3.45. The van der Waals surface area contributed by atoms with Crippen LogP contribution in [0, 0.1) is 23.7 Å². The van der Waals surface area contributed by atoms with Gasteiger partial charge in [-0.15, -0.1) is 0 Å². The molecule has 3 N–H and O–H groups in total. The molecule has 3 aromatic rings. The van der Waals surface area contributed by atoms with Crippen molar-refractivity contribution in [2.45, 2.75) is 24.2 Å². The Hall–Kier alpha value is -4.80. The lowest BCUT2D eigenvalue weighted by Crippen LogP contribution is -2.53. The monoisotopic (exact) mass is 639 g/mol. The summed E-state index contributed by atoms with van der Waals surface area (Å²) < 4.78 is 5.60. The van der Waals surface area contributed by atoms with Gasteiger partial charge in [-0.1, -0.05) is 71.8 Å². The van der Waals surface area contributed by atoms with E-state index in [2.05, 4.69) is 0 Å². The second-order valence-electron chi connectivity index (χ2n) is 12.1. The predicted molar refractivity (Wildman–Crippen MR) is 167 cm³/mol. The molecule has 10 nitrogen and oxygen atoms in total. The van der Waals surface area contributed by atoms with E-state index < -0.39 is 64.7 Å². The van der Waals surface area contributed by atoms with Crippen molar-refractivity contribution in [1.29, 1.82) is 0 Å². The van der Waals surface area contributed by atoms with E-state index in [-0.39, 0.29) is 26.1 Å². The van der Waals surface area contributed by atoms with Crippen LogP contribution in [0.2, 0.25) is 5.02 Å².